The summed E-state index contributed by atoms with van der Waals surface area (Å²) in [4.78, 5) is 0. The van der Waals surface area contributed by atoms with Crippen molar-refractivity contribution in [3.63, 3.8) is 0 Å². The van der Waals surface area contributed by atoms with E-state index in [-0.39, 0.29) is 17.3 Å². The molecule has 1 rings (SSSR count). The third-order valence-electron chi connectivity index (χ3n) is 2.32. The van der Waals surface area contributed by atoms with Gasteiger partial charge in [-0.3, -0.25) is 0 Å². The molecule has 0 atom stereocenters. The number of benzene rings is 1. The molecular weight excluding hydrogens is 356 g/mol. The fourth-order valence-electron chi connectivity index (χ4n) is 1.29. The topological polar surface area (TPSA) is 46.2 Å². The van der Waals surface area contributed by atoms with Gasteiger partial charge >= 0.3 is 0 Å². The molecule has 3 nitrogen and oxygen atoms in total. The van der Waals surface area contributed by atoms with Gasteiger partial charge in [-0.05, 0) is 47.2 Å². The predicted octanol–water partition coefficient (Wildman–Crippen LogP) is 2.67. The van der Waals surface area contributed by atoms with Crippen LogP contribution in [0.3, 0.4) is 0 Å². The van der Waals surface area contributed by atoms with Crippen LogP contribution in [0.5, 0.6) is 0 Å². The maximum atomic E-state index is 12.8. The van der Waals surface area contributed by atoms with Gasteiger partial charge in [0.1, 0.15) is 15.7 Å². The summed E-state index contributed by atoms with van der Waals surface area (Å²) in [5, 5.41) is 3.10. The van der Waals surface area contributed by atoms with Gasteiger partial charge in [0, 0.05) is 21.6 Å². The van der Waals surface area contributed by atoms with Gasteiger partial charge in [-0.2, -0.15) is 0 Å². The molecule has 0 unspecified atom stereocenters. The van der Waals surface area contributed by atoms with Crippen LogP contribution < -0.4 is 5.32 Å². The monoisotopic (exact) mass is 371 g/mol. The standard InChI is InChI=1S/C11H15FINO2S/c1-2-17(15,16)7-3-6-14-11-5-4-9(12)8-10(11)13/h4-5,8,14H,2-3,6-7H2,1H3. The van der Waals surface area contributed by atoms with Gasteiger partial charge in [0.15, 0.2) is 0 Å². The Morgan fingerprint density at radius 2 is 2.12 bits per heavy atom. The Morgan fingerprint density at radius 1 is 1.41 bits per heavy atom. The average molecular weight is 371 g/mol. The van der Waals surface area contributed by atoms with E-state index in [1.54, 1.807) is 13.0 Å². The average Bonchev–Trinajstić information content (AvgIpc) is 2.27. The van der Waals surface area contributed by atoms with E-state index in [0.717, 1.165) is 9.26 Å². The molecule has 0 radical (unpaired) electrons. The second-order valence-corrected chi connectivity index (χ2v) is 7.28. The molecule has 0 bridgehead atoms. The minimum absolute atomic E-state index is 0.182. The maximum absolute atomic E-state index is 12.8. The van der Waals surface area contributed by atoms with Crippen molar-refractivity contribution < 1.29 is 12.8 Å². The molecule has 0 saturated heterocycles. The summed E-state index contributed by atoms with van der Waals surface area (Å²) in [6.07, 6.45) is 0.559. The molecule has 0 aromatic heterocycles. The fourth-order valence-corrected chi connectivity index (χ4v) is 2.83. The predicted molar refractivity (Wildman–Crippen MR) is 76.6 cm³/mol. The number of anilines is 1. The summed E-state index contributed by atoms with van der Waals surface area (Å²) in [7, 11) is -2.89. The Balaban J connectivity index is 2.41. The number of rotatable bonds is 6. The Bertz CT molecular complexity index is 476. The van der Waals surface area contributed by atoms with Gasteiger partial charge in [-0.1, -0.05) is 6.92 Å². The largest absolute Gasteiger partial charge is 0.384 e. The number of sulfone groups is 1. The zero-order valence-corrected chi connectivity index (χ0v) is 12.5. The van der Waals surface area contributed by atoms with E-state index in [2.05, 4.69) is 5.32 Å². The highest BCUT2D eigenvalue weighted by Crippen LogP contribution is 2.18. The van der Waals surface area contributed by atoms with Crippen LogP contribution in [0.15, 0.2) is 18.2 Å². The molecular formula is C11H15FINO2S. The highest BCUT2D eigenvalue weighted by atomic mass is 127. The van der Waals surface area contributed by atoms with Crippen LogP contribution in [0, 0.1) is 9.39 Å². The Labute approximate surface area is 115 Å². The number of nitrogens with one attached hydrogen (secondary N) is 1. The third-order valence-corrected chi connectivity index (χ3v) is 5.00. The van der Waals surface area contributed by atoms with Crippen molar-refractivity contribution >= 4 is 38.1 Å². The molecule has 0 fully saturated rings. The van der Waals surface area contributed by atoms with Crippen molar-refractivity contribution in [2.45, 2.75) is 13.3 Å². The second-order valence-electron chi connectivity index (χ2n) is 3.64. The first-order chi connectivity index (χ1) is 7.94. The lowest BCUT2D eigenvalue weighted by Gasteiger charge is -2.08. The number of hydrogen-bond acceptors (Lipinski definition) is 3. The van der Waals surface area contributed by atoms with Crippen LogP contribution in [0.4, 0.5) is 10.1 Å². The van der Waals surface area contributed by atoms with Gasteiger partial charge in [0.2, 0.25) is 0 Å². The number of hydrogen-bond donors (Lipinski definition) is 1. The van der Waals surface area contributed by atoms with Gasteiger partial charge < -0.3 is 5.32 Å². The zero-order valence-electron chi connectivity index (χ0n) is 9.54. The van der Waals surface area contributed by atoms with Crippen LogP contribution in [0.1, 0.15) is 13.3 Å². The van der Waals surface area contributed by atoms with E-state index >= 15 is 0 Å². The van der Waals surface area contributed by atoms with Crippen LogP contribution in [0.2, 0.25) is 0 Å². The minimum atomic E-state index is -2.89. The summed E-state index contributed by atoms with van der Waals surface area (Å²) < 4.78 is 36.1. The lowest BCUT2D eigenvalue weighted by atomic mass is 10.3. The molecule has 0 aliphatic rings. The fraction of sp³-hybridized carbons (Fsp3) is 0.455. The van der Waals surface area contributed by atoms with Gasteiger partial charge in [0.05, 0.1) is 5.75 Å². The summed E-state index contributed by atoms with van der Waals surface area (Å²) in [5.41, 5.74) is 0.834. The minimum Gasteiger partial charge on any atom is -0.384 e. The Hall–Kier alpha value is -0.370. The molecule has 1 aromatic rings. The van der Waals surface area contributed by atoms with E-state index < -0.39 is 9.84 Å². The van der Waals surface area contributed by atoms with Crippen molar-refractivity contribution in [3.05, 3.63) is 27.6 Å². The van der Waals surface area contributed by atoms with E-state index in [1.165, 1.54) is 12.1 Å². The smallest absolute Gasteiger partial charge is 0.150 e. The second kappa shape index (κ2) is 6.53. The van der Waals surface area contributed by atoms with E-state index in [0.29, 0.717) is 13.0 Å². The van der Waals surface area contributed by atoms with Crippen molar-refractivity contribution in [2.24, 2.45) is 0 Å². The summed E-state index contributed by atoms with van der Waals surface area (Å²) in [5.74, 6) is 0.100. The molecule has 1 N–H and O–H groups in total. The van der Waals surface area contributed by atoms with Crippen LogP contribution in [-0.4, -0.2) is 26.5 Å². The summed E-state index contributed by atoms with van der Waals surface area (Å²) in [6.45, 7) is 2.21. The molecule has 0 spiro atoms. The van der Waals surface area contributed by atoms with E-state index in [4.69, 9.17) is 0 Å². The van der Waals surface area contributed by atoms with Gasteiger partial charge in [-0.25, -0.2) is 12.8 Å². The van der Waals surface area contributed by atoms with Crippen LogP contribution in [-0.2, 0) is 9.84 Å². The first-order valence-electron chi connectivity index (χ1n) is 5.34. The quantitative estimate of drug-likeness (QED) is 0.618. The normalized spacial score (nSPS) is 11.5. The lowest BCUT2D eigenvalue weighted by Crippen LogP contribution is -2.13. The molecule has 17 heavy (non-hydrogen) atoms. The summed E-state index contributed by atoms with van der Waals surface area (Å²) >= 11 is 2.04. The van der Waals surface area contributed by atoms with E-state index in [9.17, 15) is 12.8 Å². The Kier molecular flexibility index (Phi) is 5.64. The third kappa shape index (κ3) is 5.20. The first kappa shape index (κ1) is 14.7. The summed E-state index contributed by atoms with van der Waals surface area (Å²) in [6, 6.07) is 4.48. The van der Waals surface area contributed by atoms with Crippen molar-refractivity contribution in [2.75, 3.05) is 23.4 Å². The zero-order chi connectivity index (χ0) is 12.9. The van der Waals surface area contributed by atoms with Crippen molar-refractivity contribution in [1.29, 1.82) is 0 Å². The maximum Gasteiger partial charge on any atom is 0.150 e. The molecule has 96 valence electrons. The van der Waals surface area contributed by atoms with Crippen molar-refractivity contribution in [1.82, 2.24) is 0 Å². The Morgan fingerprint density at radius 3 is 2.71 bits per heavy atom. The molecule has 0 amide bonds. The molecule has 0 heterocycles. The number of halogens is 2. The van der Waals surface area contributed by atoms with Crippen LogP contribution in [0.25, 0.3) is 0 Å². The van der Waals surface area contributed by atoms with E-state index in [1.807, 2.05) is 22.6 Å². The highest BCUT2D eigenvalue weighted by molar-refractivity contribution is 14.1. The van der Waals surface area contributed by atoms with Crippen LogP contribution >= 0.6 is 22.6 Å². The molecule has 1 aromatic carbocycles. The van der Waals surface area contributed by atoms with Gasteiger partial charge in [-0.15, -0.1) is 0 Å². The van der Waals surface area contributed by atoms with Crippen molar-refractivity contribution in [3.8, 4) is 0 Å². The highest BCUT2D eigenvalue weighted by Gasteiger charge is 2.06. The lowest BCUT2D eigenvalue weighted by molar-refractivity contribution is 0.595. The molecule has 0 saturated carbocycles. The molecule has 6 heteroatoms. The first-order valence-corrected chi connectivity index (χ1v) is 8.24. The SMILES string of the molecule is CCS(=O)(=O)CCCNc1ccc(F)cc1I. The van der Waals surface area contributed by atoms with Gasteiger partial charge in [0.25, 0.3) is 0 Å². The molecule has 0 aliphatic heterocycles. The molecule has 0 aliphatic carbocycles.